The summed E-state index contributed by atoms with van der Waals surface area (Å²) in [7, 11) is 0. The SMILES string of the molecule is Cc1ccc(/C=C2\SC(=S)N(C(=O)c3ccccc3)C2=O)cc1. The Bertz CT molecular complexity index is 811. The van der Waals surface area contributed by atoms with E-state index in [9.17, 15) is 9.59 Å². The van der Waals surface area contributed by atoms with Crippen LogP contribution in [0.25, 0.3) is 6.08 Å². The number of benzene rings is 2. The van der Waals surface area contributed by atoms with Crippen LogP contribution in [0.3, 0.4) is 0 Å². The van der Waals surface area contributed by atoms with E-state index in [4.69, 9.17) is 12.2 Å². The van der Waals surface area contributed by atoms with Gasteiger partial charge in [-0.1, -0.05) is 72.0 Å². The average Bonchev–Trinajstić information content (AvgIpc) is 2.84. The van der Waals surface area contributed by atoms with Crippen molar-refractivity contribution in [3.05, 3.63) is 76.2 Å². The molecular formula is C18H13NO2S2. The van der Waals surface area contributed by atoms with E-state index in [1.54, 1.807) is 30.3 Å². The summed E-state index contributed by atoms with van der Waals surface area (Å²) in [6.45, 7) is 2.00. The molecule has 0 radical (unpaired) electrons. The van der Waals surface area contributed by atoms with Crippen LogP contribution < -0.4 is 0 Å². The lowest BCUT2D eigenvalue weighted by Crippen LogP contribution is -2.34. The van der Waals surface area contributed by atoms with Crippen molar-refractivity contribution in [3.63, 3.8) is 0 Å². The minimum Gasteiger partial charge on any atom is -0.268 e. The molecule has 0 unspecified atom stereocenters. The third-order valence-corrected chi connectivity index (χ3v) is 4.69. The van der Waals surface area contributed by atoms with Gasteiger partial charge in [0.15, 0.2) is 4.32 Å². The largest absolute Gasteiger partial charge is 0.273 e. The zero-order valence-electron chi connectivity index (χ0n) is 12.4. The fourth-order valence-electron chi connectivity index (χ4n) is 2.17. The van der Waals surface area contributed by atoms with Crippen molar-refractivity contribution in [2.45, 2.75) is 6.92 Å². The highest BCUT2D eigenvalue weighted by Gasteiger charge is 2.37. The van der Waals surface area contributed by atoms with Crippen LogP contribution in [-0.4, -0.2) is 21.0 Å². The van der Waals surface area contributed by atoms with Crippen LogP contribution in [0.1, 0.15) is 21.5 Å². The Morgan fingerprint density at radius 2 is 1.74 bits per heavy atom. The summed E-state index contributed by atoms with van der Waals surface area (Å²) in [6, 6.07) is 16.5. The van der Waals surface area contributed by atoms with Gasteiger partial charge in [0, 0.05) is 5.56 Å². The summed E-state index contributed by atoms with van der Waals surface area (Å²) in [6.07, 6.45) is 1.76. The van der Waals surface area contributed by atoms with Crippen molar-refractivity contribution < 1.29 is 9.59 Å². The quantitative estimate of drug-likeness (QED) is 0.470. The van der Waals surface area contributed by atoms with E-state index in [1.165, 1.54) is 0 Å². The van der Waals surface area contributed by atoms with Gasteiger partial charge in [-0.2, -0.15) is 0 Å². The van der Waals surface area contributed by atoms with Gasteiger partial charge in [0.05, 0.1) is 4.91 Å². The van der Waals surface area contributed by atoms with Crippen molar-refractivity contribution in [1.82, 2.24) is 4.90 Å². The first-order chi connectivity index (χ1) is 11.1. The van der Waals surface area contributed by atoms with Crippen molar-refractivity contribution in [1.29, 1.82) is 0 Å². The van der Waals surface area contributed by atoms with E-state index in [1.807, 2.05) is 37.3 Å². The molecule has 1 heterocycles. The molecule has 1 fully saturated rings. The van der Waals surface area contributed by atoms with Crippen molar-refractivity contribution in [2.75, 3.05) is 0 Å². The Hall–Kier alpha value is -2.24. The van der Waals surface area contributed by atoms with Crippen LogP contribution in [-0.2, 0) is 4.79 Å². The molecule has 2 aromatic carbocycles. The molecule has 114 valence electrons. The standard InChI is InChI=1S/C18H13NO2S2/c1-12-7-9-13(10-8-12)11-15-17(21)19(18(22)23-15)16(20)14-5-3-2-4-6-14/h2-11H,1H3/b15-11-. The van der Waals surface area contributed by atoms with Gasteiger partial charge in [0.25, 0.3) is 11.8 Å². The number of aryl methyl sites for hydroxylation is 1. The Labute approximate surface area is 144 Å². The number of rotatable bonds is 2. The van der Waals surface area contributed by atoms with Crippen LogP contribution in [0.5, 0.6) is 0 Å². The Kier molecular flexibility index (Phi) is 4.41. The molecule has 1 aliphatic heterocycles. The molecule has 3 nitrogen and oxygen atoms in total. The van der Waals surface area contributed by atoms with E-state index < -0.39 is 0 Å². The molecule has 0 aliphatic carbocycles. The molecule has 1 aliphatic rings. The van der Waals surface area contributed by atoms with Gasteiger partial charge in [-0.05, 0) is 30.7 Å². The topological polar surface area (TPSA) is 37.4 Å². The second kappa shape index (κ2) is 6.48. The molecule has 0 spiro atoms. The lowest BCUT2D eigenvalue weighted by Gasteiger charge is -2.12. The minimum absolute atomic E-state index is 0.266. The summed E-state index contributed by atoms with van der Waals surface area (Å²) in [5, 5.41) is 0. The first-order valence-corrected chi connectivity index (χ1v) is 8.23. The van der Waals surface area contributed by atoms with Crippen LogP contribution in [0, 0.1) is 6.92 Å². The molecule has 5 heteroatoms. The highest BCUT2D eigenvalue weighted by Crippen LogP contribution is 2.33. The zero-order valence-corrected chi connectivity index (χ0v) is 14.0. The van der Waals surface area contributed by atoms with E-state index in [2.05, 4.69) is 0 Å². The van der Waals surface area contributed by atoms with Gasteiger partial charge in [-0.15, -0.1) is 0 Å². The molecule has 3 rings (SSSR count). The molecule has 2 aromatic rings. The second-order valence-corrected chi connectivity index (χ2v) is 6.77. The van der Waals surface area contributed by atoms with Gasteiger partial charge in [0.2, 0.25) is 0 Å². The Morgan fingerprint density at radius 3 is 2.39 bits per heavy atom. The summed E-state index contributed by atoms with van der Waals surface area (Å²) in [5.74, 6) is -0.755. The number of carbonyl (C=O) groups is 2. The second-order valence-electron chi connectivity index (χ2n) is 5.10. The number of imide groups is 1. The number of carbonyl (C=O) groups excluding carboxylic acids is 2. The molecule has 2 amide bonds. The number of nitrogens with zero attached hydrogens (tertiary/aromatic N) is 1. The molecular weight excluding hydrogens is 326 g/mol. The van der Waals surface area contributed by atoms with Crippen molar-refractivity contribution in [3.8, 4) is 0 Å². The van der Waals surface area contributed by atoms with Gasteiger partial charge in [-0.25, -0.2) is 4.90 Å². The predicted octanol–water partition coefficient (Wildman–Crippen LogP) is 4.04. The van der Waals surface area contributed by atoms with Gasteiger partial charge < -0.3 is 0 Å². The van der Waals surface area contributed by atoms with Crippen molar-refractivity contribution in [2.24, 2.45) is 0 Å². The molecule has 0 atom stereocenters. The number of thiocarbonyl (C=S) groups is 1. The lowest BCUT2D eigenvalue weighted by atomic mass is 10.1. The summed E-state index contributed by atoms with van der Waals surface area (Å²) in [5.41, 5.74) is 2.50. The monoisotopic (exact) mass is 339 g/mol. The highest BCUT2D eigenvalue weighted by atomic mass is 32.2. The first kappa shape index (κ1) is 15.6. The van der Waals surface area contributed by atoms with Gasteiger partial charge in [0.1, 0.15) is 0 Å². The van der Waals surface area contributed by atoms with Crippen LogP contribution in [0.2, 0.25) is 0 Å². The fraction of sp³-hybridized carbons (Fsp3) is 0.0556. The summed E-state index contributed by atoms with van der Waals surface area (Å²) < 4.78 is 0.266. The Morgan fingerprint density at radius 1 is 1.09 bits per heavy atom. The third kappa shape index (κ3) is 3.25. The fourth-order valence-corrected chi connectivity index (χ4v) is 3.42. The molecule has 0 bridgehead atoms. The molecule has 0 saturated carbocycles. The predicted molar refractivity (Wildman–Crippen MR) is 97.0 cm³/mol. The normalized spacial score (nSPS) is 16.2. The van der Waals surface area contributed by atoms with Crippen LogP contribution in [0.15, 0.2) is 59.5 Å². The van der Waals surface area contributed by atoms with E-state index in [0.717, 1.165) is 27.8 Å². The van der Waals surface area contributed by atoms with E-state index in [0.29, 0.717) is 10.5 Å². The minimum atomic E-state index is -0.389. The van der Waals surface area contributed by atoms with Crippen LogP contribution >= 0.6 is 24.0 Å². The first-order valence-electron chi connectivity index (χ1n) is 7.00. The van der Waals surface area contributed by atoms with E-state index in [-0.39, 0.29) is 16.1 Å². The molecule has 0 aromatic heterocycles. The Balaban J connectivity index is 1.88. The molecule has 23 heavy (non-hydrogen) atoms. The maximum Gasteiger partial charge on any atom is 0.273 e. The lowest BCUT2D eigenvalue weighted by molar-refractivity contribution is -0.120. The van der Waals surface area contributed by atoms with Crippen molar-refractivity contribution >= 4 is 46.2 Å². The van der Waals surface area contributed by atoms with E-state index >= 15 is 0 Å². The zero-order chi connectivity index (χ0) is 16.4. The number of hydrogen-bond acceptors (Lipinski definition) is 4. The third-order valence-electron chi connectivity index (χ3n) is 3.39. The van der Waals surface area contributed by atoms with Crippen LogP contribution in [0.4, 0.5) is 0 Å². The van der Waals surface area contributed by atoms with Gasteiger partial charge >= 0.3 is 0 Å². The highest BCUT2D eigenvalue weighted by molar-refractivity contribution is 8.26. The molecule has 1 saturated heterocycles. The summed E-state index contributed by atoms with van der Waals surface area (Å²) in [4.78, 5) is 26.5. The summed E-state index contributed by atoms with van der Waals surface area (Å²) >= 11 is 6.37. The smallest absolute Gasteiger partial charge is 0.268 e. The van der Waals surface area contributed by atoms with Gasteiger partial charge in [-0.3, -0.25) is 9.59 Å². The number of hydrogen-bond donors (Lipinski definition) is 0. The number of amides is 2. The average molecular weight is 339 g/mol. The molecule has 0 N–H and O–H groups in total. The maximum atomic E-state index is 12.5. The maximum absolute atomic E-state index is 12.5. The number of thioether (sulfide) groups is 1.